The van der Waals surface area contributed by atoms with E-state index in [-0.39, 0.29) is 22.6 Å². The zero-order valence-corrected chi connectivity index (χ0v) is 20.9. The van der Waals surface area contributed by atoms with Crippen LogP contribution in [-0.2, 0) is 35.3 Å². The summed E-state index contributed by atoms with van der Waals surface area (Å²) in [4.78, 5) is 39.9. The van der Waals surface area contributed by atoms with Crippen LogP contribution in [0.3, 0.4) is 0 Å². The van der Waals surface area contributed by atoms with Gasteiger partial charge < -0.3 is 4.90 Å². The minimum absolute atomic E-state index is 0.105. The fourth-order valence-corrected chi connectivity index (χ4v) is 5.85. The fourth-order valence-electron chi connectivity index (χ4n) is 4.64. The Hall–Kier alpha value is -3.24. The highest BCUT2D eigenvalue weighted by atomic mass is 32.2. The number of benzene rings is 2. The molecular weight excluding hydrogens is 468 g/mol. The highest BCUT2D eigenvalue weighted by Crippen LogP contribution is 2.20. The Morgan fingerprint density at radius 2 is 1.80 bits per heavy atom. The molecule has 35 heavy (non-hydrogen) atoms. The lowest BCUT2D eigenvalue weighted by molar-refractivity contribution is -0.134. The van der Waals surface area contributed by atoms with Crippen molar-refractivity contribution in [3.05, 3.63) is 74.9 Å². The van der Waals surface area contributed by atoms with E-state index >= 15 is 0 Å². The summed E-state index contributed by atoms with van der Waals surface area (Å²) in [6, 6.07) is 12.3. The van der Waals surface area contributed by atoms with Crippen molar-refractivity contribution < 1.29 is 13.2 Å². The topological polar surface area (TPSA) is 110 Å². The van der Waals surface area contributed by atoms with Gasteiger partial charge in [0, 0.05) is 27.2 Å². The molecule has 1 aliphatic rings. The van der Waals surface area contributed by atoms with Crippen molar-refractivity contribution >= 4 is 26.8 Å². The second-order valence-corrected chi connectivity index (χ2v) is 11.0. The number of piperidine rings is 1. The standard InChI is InChI=1S/C25H30N4O5S/c1-17-8-7-13-29(16-17)24(31)21(14-18-9-5-4-6-10-18)26-35(33,34)19-11-12-22-20(15-19)23(30)28(3)25(32)27(22)2/h4-6,9-12,15,17,21,26H,7-8,13-14,16H2,1-3H3/t17-,21+/m1/s1. The van der Waals surface area contributed by atoms with Gasteiger partial charge in [-0.1, -0.05) is 37.3 Å². The molecule has 2 atom stereocenters. The summed E-state index contributed by atoms with van der Waals surface area (Å²) in [5, 5.41) is 0.105. The molecule has 1 fully saturated rings. The number of nitrogens with zero attached hydrogens (tertiary/aromatic N) is 3. The molecule has 0 radical (unpaired) electrons. The molecule has 0 aliphatic carbocycles. The van der Waals surface area contributed by atoms with Crippen LogP contribution in [0.25, 0.3) is 10.9 Å². The number of hydrogen-bond acceptors (Lipinski definition) is 5. The third-order valence-corrected chi connectivity index (χ3v) is 8.06. The van der Waals surface area contributed by atoms with Crippen LogP contribution in [0.1, 0.15) is 25.3 Å². The van der Waals surface area contributed by atoms with E-state index < -0.39 is 27.3 Å². The first kappa shape index (κ1) is 24.9. The smallest absolute Gasteiger partial charge is 0.330 e. The predicted molar refractivity (Wildman–Crippen MR) is 134 cm³/mol. The monoisotopic (exact) mass is 498 g/mol. The Labute approximate surface area is 204 Å². The first-order chi connectivity index (χ1) is 16.6. The minimum Gasteiger partial charge on any atom is -0.341 e. The summed E-state index contributed by atoms with van der Waals surface area (Å²) in [7, 11) is -1.29. The van der Waals surface area contributed by atoms with Gasteiger partial charge in [-0.15, -0.1) is 0 Å². The fraction of sp³-hybridized carbons (Fsp3) is 0.400. The highest BCUT2D eigenvalue weighted by Gasteiger charge is 2.31. The summed E-state index contributed by atoms with van der Waals surface area (Å²) >= 11 is 0. The second-order valence-electron chi connectivity index (χ2n) is 9.28. The summed E-state index contributed by atoms with van der Waals surface area (Å²) < 4.78 is 31.7. The third-order valence-electron chi connectivity index (χ3n) is 6.60. The van der Waals surface area contributed by atoms with E-state index in [0.717, 1.165) is 23.0 Å². The van der Waals surface area contributed by atoms with Crippen molar-refractivity contribution in [2.24, 2.45) is 20.0 Å². The highest BCUT2D eigenvalue weighted by molar-refractivity contribution is 7.89. The molecule has 1 aromatic heterocycles. The maximum atomic E-state index is 13.5. The van der Waals surface area contributed by atoms with Crippen molar-refractivity contribution in [3.8, 4) is 0 Å². The number of fused-ring (bicyclic) bond motifs is 1. The first-order valence-corrected chi connectivity index (χ1v) is 13.1. The van der Waals surface area contributed by atoms with Gasteiger partial charge in [-0.05, 0) is 48.9 Å². The Morgan fingerprint density at radius 3 is 2.49 bits per heavy atom. The number of aromatic nitrogens is 2. The molecular formula is C25H30N4O5S. The number of carbonyl (C=O) groups excluding carboxylic acids is 1. The molecule has 1 saturated heterocycles. The lowest BCUT2D eigenvalue weighted by Gasteiger charge is -2.33. The molecule has 2 aromatic carbocycles. The molecule has 1 amide bonds. The van der Waals surface area contributed by atoms with Gasteiger partial charge in [0.25, 0.3) is 5.56 Å². The quantitative estimate of drug-likeness (QED) is 0.552. The van der Waals surface area contributed by atoms with Crippen molar-refractivity contribution in [2.45, 2.75) is 37.1 Å². The molecule has 2 heterocycles. The van der Waals surface area contributed by atoms with Gasteiger partial charge in [-0.3, -0.25) is 18.7 Å². The number of sulfonamides is 1. The van der Waals surface area contributed by atoms with E-state index in [1.165, 1.54) is 36.9 Å². The van der Waals surface area contributed by atoms with Crippen LogP contribution in [0.2, 0.25) is 0 Å². The molecule has 0 saturated carbocycles. The zero-order valence-electron chi connectivity index (χ0n) is 20.1. The molecule has 4 rings (SSSR count). The van der Waals surface area contributed by atoms with Crippen LogP contribution in [0.15, 0.2) is 63.0 Å². The van der Waals surface area contributed by atoms with Crippen LogP contribution in [0, 0.1) is 5.92 Å². The largest absolute Gasteiger partial charge is 0.341 e. The number of carbonyl (C=O) groups is 1. The van der Waals surface area contributed by atoms with Gasteiger partial charge in [0.05, 0.1) is 15.8 Å². The average Bonchev–Trinajstić information content (AvgIpc) is 2.85. The maximum Gasteiger partial charge on any atom is 0.330 e. The Morgan fingerprint density at radius 1 is 1.09 bits per heavy atom. The van der Waals surface area contributed by atoms with E-state index in [9.17, 15) is 22.8 Å². The van der Waals surface area contributed by atoms with E-state index in [1.807, 2.05) is 30.3 Å². The van der Waals surface area contributed by atoms with Gasteiger partial charge >= 0.3 is 5.69 Å². The second kappa shape index (κ2) is 9.79. The number of likely N-dealkylation sites (tertiary alicyclic amines) is 1. The number of amides is 1. The summed E-state index contributed by atoms with van der Waals surface area (Å²) in [5.41, 5.74) is 0.0807. The summed E-state index contributed by atoms with van der Waals surface area (Å²) in [5.74, 6) is 0.0908. The molecule has 1 aliphatic heterocycles. The zero-order chi connectivity index (χ0) is 25.3. The minimum atomic E-state index is -4.15. The first-order valence-electron chi connectivity index (χ1n) is 11.6. The van der Waals surface area contributed by atoms with Gasteiger partial charge in [0.1, 0.15) is 6.04 Å². The van der Waals surface area contributed by atoms with Gasteiger partial charge in [0.15, 0.2) is 0 Å². The number of rotatable bonds is 6. The van der Waals surface area contributed by atoms with Crippen LogP contribution < -0.4 is 16.0 Å². The SMILES string of the molecule is C[C@@H]1CCCN(C(=O)[C@H](Cc2ccccc2)NS(=O)(=O)c2ccc3c(c2)c(=O)n(C)c(=O)n3C)C1. The lowest BCUT2D eigenvalue weighted by Crippen LogP contribution is -2.52. The molecule has 0 unspecified atom stereocenters. The van der Waals surface area contributed by atoms with Gasteiger partial charge in [0.2, 0.25) is 15.9 Å². The molecule has 10 heteroatoms. The number of hydrogen-bond donors (Lipinski definition) is 1. The lowest BCUT2D eigenvalue weighted by atomic mass is 9.98. The van der Waals surface area contributed by atoms with E-state index in [4.69, 9.17) is 0 Å². The number of nitrogens with one attached hydrogen (secondary N) is 1. The molecule has 1 N–H and O–H groups in total. The Balaban J connectivity index is 1.71. The molecule has 0 bridgehead atoms. The van der Waals surface area contributed by atoms with Crippen molar-refractivity contribution in [1.82, 2.24) is 18.8 Å². The van der Waals surface area contributed by atoms with Crippen LogP contribution in [0.5, 0.6) is 0 Å². The normalized spacial score (nSPS) is 17.5. The van der Waals surface area contributed by atoms with Crippen molar-refractivity contribution in [2.75, 3.05) is 13.1 Å². The summed E-state index contributed by atoms with van der Waals surface area (Å²) in [6.45, 7) is 3.26. The maximum absolute atomic E-state index is 13.5. The third kappa shape index (κ3) is 5.08. The van der Waals surface area contributed by atoms with Crippen molar-refractivity contribution in [1.29, 1.82) is 0 Å². The molecule has 0 spiro atoms. The van der Waals surface area contributed by atoms with Crippen molar-refractivity contribution in [3.63, 3.8) is 0 Å². The van der Waals surface area contributed by atoms with E-state index in [2.05, 4.69) is 11.6 Å². The van der Waals surface area contributed by atoms with Crippen LogP contribution in [0.4, 0.5) is 0 Å². The molecule has 186 valence electrons. The summed E-state index contributed by atoms with van der Waals surface area (Å²) in [6.07, 6.45) is 2.12. The number of aryl methyl sites for hydroxylation is 1. The van der Waals surface area contributed by atoms with E-state index in [0.29, 0.717) is 24.5 Å². The Kier molecular flexibility index (Phi) is 6.95. The molecule has 9 nitrogen and oxygen atoms in total. The average molecular weight is 499 g/mol. The molecule has 3 aromatic rings. The Bertz CT molecular complexity index is 1480. The van der Waals surface area contributed by atoms with Gasteiger partial charge in [-0.2, -0.15) is 4.72 Å². The van der Waals surface area contributed by atoms with Crippen LogP contribution >= 0.6 is 0 Å². The van der Waals surface area contributed by atoms with E-state index in [1.54, 1.807) is 4.90 Å². The van der Waals surface area contributed by atoms with Crippen LogP contribution in [-0.4, -0.2) is 47.5 Å². The van der Waals surface area contributed by atoms with Gasteiger partial charge in [-0.25, -0.2) is 13.2 Å². The predicted octanol–water partition coefficient (Wildman–Crippen LogP) is 1.39.